The predicted octanol–water partition coefficient (Wildman–Crippen LogP) is 0.840. The van der Waals surface area contributed by atoms with Crippen LogP contribution >= 0.6 is 0 Å². The van der Waals surface area contributed by atoms with E-state index in [1.165, 1.54) is 5.56 Å². The van der Waals surface area contributed by atoms with E-state index in [-0.39, 0.29) is 0 Å². The molecule has 2 rings (SSSR count). The molecule has 0 atom stereocenters. The molecule has 2 aromatic rings. The Balaban J connectivity index is 1.81. The number of H-pyrrole nitrogens is 1. The van der Waals surface area contributed by atoms with Gasteiger partial charge in [-0.3, -0.25) is 0 Å². The van der Waals surface area contributed by atoms with Crippen LogP contribution in [0.5, 0.6) is 0 Å². The highest BCUT2D eigenvalue weighted by atomic mass is 15.5. The number of aromatic amines is 1. The molecule has 0 saturated heterocycles. The number of hydrogen-bond acceptors (Lipinski definition) is 5. The van der Waals surface area contributed by atoms with Crippen LogP contribution in [0.4, 0.5) is 5.95 Å². The number of hydrogen-bond donors (Lipinski definition) is 2. The number of aromatic nitrogens is 4. The van der Waals surface area contributed by atoms with Crippen molar-refractivity contribution in [3.05, 3.63) is 35.9 Å². The highest BCUT2D eigenvalue weighted by molar-refractivity contribution is 5.62. The molecule has 1 aromatic heterocycles. The minimum atomic E-state index is 0.360. The number of anilines is 1. The number of nitrogens with one attached hydrogen (secondary N) is 2. The van der Waals surface area contributed by atoms with E-state index in [4.69, 9.17) is 0 Å². The first-order valence-corrected chi connectivity index (χ1v) is 4.50. The van der Waals surface area contributed by atoms with Crippen molar-refractivity contribution in [1.29, 1.82) is 0 Å². The lowest BCUT2D eigenvalue weighted by atomic mass is 10.2. The molecule has 0 spiro atoms. The van der Waals surface area contributed by atoms with Gasteiger partial charge in [0.1, 0.15) is 0 Å². The van der Waals surface area contributed by atoms with Crippen molar-refractivity contribution in [1.82, 2.24) is 20.6 Å². The second-order valence-corrected chi connectivity index (χ2v) is 2.85. The Bertz CT molecular complexity index is 407. The summed E-state index contributed by atoms with van der Waals surface area (Å²) < 4.78 is 0. The molecule has 0 fully saturated rings. The summed E-state index contributed by atoms with van der Waals surface area (Å²) in [5, 5.41) is 17.0. The summed E-state index contributed by atoms with van der Waals surface area (Å²) in [6.45, 7) is 0. The van der Waals surface area contributed by atoms with Crippen molar-refractivity contribution in [2.75, 3.05) is 5.43 Å². The van der Waals surface area contributed by atoms with Crippen LogP contribution in [0.25, 0.3) is 0 Å². The van der Waals surface area contributed by atoms with Gasteiger partial charge in [0.25, 0.3) is 5.95 Å². The van der Waals surface area contributed by atoms with Gasteiger partial charge in [0.15, 0.2) is 0 Å². The summed E-state index contributed by atoms with van der Waals surface area (Å²) >= 11 is 0. The fourth-order valence-corrected chi connectivity index (χ4v) is 1.08. The van der Waals surface area contributed by atoms with Crippen LogP contribution in [0.2, 0.25) is 0 Å². The molecule has 6 nitrogen and oxygen atoms in total. The van der Waals surface area contributed by atoms with Crippen molar-refractivity contribution in [3.8, 4) is 0 Å². The largest absolute Gasteiger partial charge is 0.283 e. The Kier molecular flexibility index (Phi) is 3.01. The van der Waals surface area contributed by atoms with Crippen LogP contribution in [0, 0.1) is 0 Å². The van der Waals surface area contributed by atoms with Crippen LogP contribution in [-0.4, -0.2) is 26.8 Å². The maximum absolute atomic E-state index is 3.95. The molecule has 0 bridgehead atoms. The van der Waals surface area contributed by atoms with Gasteiger partial charge in [0, 0.05) is 12.6 Å². The summed E-state index contributed by atoms with van der Waals surface area (Å²) in [6, 6.07) is 10.1. The van der Waals surface area contributed by atoms with Crippen LogP contribution < -0.4 is 5.43 Å². The first kappa shape index (κ1) is 9.32. The van der Waals surface area contributed by atoms with Crippen LogP contribution in [0.15, 0.2) is 35.4 Å². The normalized spacial score (nSPS) is 10.7. The lowest BCUT2D eigenvalue weighted by molar-refractivity contribution is 0.881. The predicted molar refractivity (Wildman–Crippen MR) is 56.4 cm³/mol. The quantitative estimate of drug-likeness (QED) is 0.568. The van der Waals surface area contributed by atoms with Gasteiger partial charge in [-0.1, -0.05) is 35.4 Å². The SMILES string of the molecule is C(/Cc1ccccc1)=N/Nc1nn[nH]n1. The van der Waals surface area contributed by atoms with E-state index < -0.39 is 0 Å². The molecule has 6 heteroatoms. The fraction of sp³-hybridized carbons (Fsp3) is 0.111. The molecule has 0 aliphatic rings. The number of hydrazone groups is 1. The maximum atomic E-state index is 3.95. The Labute approximate surface area is 86.4 Å². The molecule has 1 aromatic carbocycles. The van der Waals surface area contributed by atoms with Gasteiger partial charge in [0.05, 0.1) is 0 Å². The summed E-state index contributed by atoms with van der Waals surface area (Å²) in [5.41, 5.74) is 3.85. The lowest BCUT2D eigenvalue weighted by Crippen LogP contribution is -1.93. The maximum Gasteiger partial charge on any atom is 0.283 e. The van der Waals surface area contributed by atoms with Crippen molar-refractivity contribution in [2.45, 2.75) is 6.42 Å². The molecule has 0 aliphatic heterocycles. The minimum absolute atomic E-state index is 0.360. The average molecular weight is 202 g/mol. The van der Waals surface area contributed by atoms with Crippen molar-refractivity contribution in [3.63, 3.8) is 0 Å². The third kappa shape index (κ3) is 2.87. The number of benzene rings is 1. The third-order valence-electron chi connectivity index (χ3n) is 1.77. The van der Waals surface area contributed by atoms with E-state index >= 15 is 0 Å². The molecule has 0 radical (unpaired) electrons. The van der Waals surface area contributed by atoms with E-state index in [0.29, 0.717) is 5.95 Å². The van der Waals surface area contributed by atoms with Gasteiger partial charge in [-0.2, -0.15) is 10.3 Å². The molecule has 0 aliphatic carbocycles. The summed E-state index contributed by atoms with van der Waals surface area (Å²) in [5.74, 6) is 0.360. The highest BCUT2D eigenvalue weighted by Crippen LogP contribution is 1.97. The minimum Gasteiger partial charge on any atom is -0.243 e. The van der Waals surface area contributed by atoms with Crippen LogP contribution in [-0.2, 0) is 6.42 Å². The standard InChI is InChI=1S/C9H10N6/c1-2-4-8(5-3-1)6-7-10-11-9-12-14-15-13-9/h1-5,7H,6H2,(H2,11,12,13,14,15)/b10-7-. The van der Waals surface area contributed by atoms with Gasteiger partial charge < -0.3 is 0 Å². The molecule has 0 unspecified atom stereocenters. The van der Waals surface area contributed by atoms with Crippen LogP contribution in [0.3, 0.4) is 0 Å². The average Bonchev–Trinajstić information content (AvgIpc) is 2.79. The number of tetrazole rings is 1. The fourth-order valence-electron chi connectivity index (χ4n) is 1.08. The Morgan fingerprint density at radius 1 is 1.33 bits per heavy atom. The summed E-state index contributed by atoms with van der Waals surface area (Å²) in [6.07, 6.45) is 2.53. The number of nitrogens with zero attached hydrogens (tertiary/aromatic N) is 4. The van der Waals surface area contributed by atoms with Gasteiger partial charge in [-0.05, 0) is 10.8 Å². The Morgan fingerprint density at radius 2 is 2.20 bits per heavy atom. The summed E-state index contributed by atoms with van der Waals surface area (Å²) in [4.78, 5) is 0. The monoisotopic (exact) mass is 202 g/mol. The molecular weight excluding hydrogens is 192 g/mol. The molecule has 1 heterocycles. The topological polar surface area (TPSA) is 78.9 Å². The number of rotatable bonds is 4. The summed E-state index contributed by atoms with van der Waals surface area (Å²) in [7, 11) is 0. The molecule has 0 saturated carbocycles. The smallest absolute Gasteiger partial charge is 0.243 e. The second-order valence-electron chi connectivity index (χ2n) is 2.85. The molecule has 15 heavy (non-hydrogen) atoms. The third-order valence-corrected chi connectivity index (χ3v) is 1.77. The van der Waals surface area contributed by atoms with Crippen molar-refractivity contribution < 1.29 is 0 Å². The first-order valence-electron chi connectivity index (χ1n) is 4.50. The van der Waals surface area contributed by atoms with E-state index in [9.17, 15) is 0 Å². The van der Waals surface area contributed by atoms with Crippen molar-refractivity contribution >= 4 is 12.2 Å². The molecule has 0 amide bonds. The zero-order valence-corrected chi connectivity index (χ0v) is 7.96. The zero-order valence-electron chi connectivity index (χ0n) is 7.96. The zero-order chi connectivity index (χ0) is 10.3. The van der Waals surface area contributed by atoms with Crippen LogP contribution in [0.1, 0.15) is 5.56 Å². The lowest BCUT2D eigenvalue weighted by Gasteiger charge is -1.93. The van der Waals surface area contributed by atoms with E-state index in [1.807, 2.05) is 30.3 Å². The van der Waals surface area contributed by atoms with Crippen molar-refractivity contribution in [2.24, 2.45) is 5.10 Å². The van der Waals surface area contributed by atoms with Gasteiger partial charge in [-0.25, -0.2) is 5.43 Å². The highest BCUT2D eigenvalue weighted by Gasteiger charge is 1.91. The van der Waals surface area contributed by atoms with Gasteiger partial charge in [-0.15, -0.1) is 5.10 Å². The second kappa shape index (κ2) is 4.85. The van der Waals surface area contributed by atoms with Gasteiger partial charge in [0.2, 0.25) is 0 Å². The Hall–Kier alpha value is -2.24. The van der Waals surface area contributed by atoms with E-state index in [1.54, 1.807) is 6.21 Å². The van der Waals surface area contributed by atoms with E-state index in [0.717, 1.165) is 6.42 Å². The Morgan fingerprint density at radius 3 is 2.93 bits per heavy atom. The first-order chi connectivity index (χ1) is 7.45. The van der Waals surface area contributed by atoms with E-state index in [2.05, 4.69) is 31.2 Å². The molecule has 2 N–H and O–H groups in total. The van der Waals surface area contributed by atoms with Gasteiger partial charge >= 0.3 is 0 Å². The molecular formula is C9H10N6. The molecule has 76 valence electrons.